The topological polar surface area (TPSA) is 114 Å². The van der Waals surface area contributed by atoms with Crippen LogP contribution in [0.1, 0.15) is 27.6 Å². The second-order valence-corrected chi connectivity index (χ2v) is 6.30. The van der Waals surface area contributed by atoms with Crippen molar-refractivity contribution in [1.82, 2.24) is 34.9 Å². The van der Waals surface area contributed by atoms with Crippen molar-refractivity contribution in [3.05, 3.63) is 71.8 Å². The zero-order valence-electron chi connectivity index (χ0n) is 15.4. The molecule has 4 aromatic rings. The van der Waals surface area contributed by atoms with E-state index in [-0.39, 0.29) is 5.82 Å². The number of hydrogen-bond acceptors (Lipinski definition) is 6. The van der Waals surface area contributed by atoms with Gasteiger partial charge in [0.25, 0.3) is 5.91 Å². The Morgan fingerprint density at radius 1 is 1.21 bits per heavy atom. The first-order valence-electron chi connectivity index (χ1n) is 8.67. The first-order valence-corrected chi connectivity index (χ1v) is 8.67. The van der Waals surface area contributed by atoms with Crippen LogP contribution in [0.25, 0.3) is 11.4 Å². The molecule has 0 saturated heterocycles. The molecule has 1 amide bonds. The van der Waals surface area contributed by atoms with Gasteiger partial charge in [0, 0.05) is 43.4 Å². The molecule has 0 atom stereocenters. The number of anilines is 1. The Labute approximate surface area is 160 Å². The summed E-state index contributed by atoms with van der Waals surface area (Å²) in [6.07, 6.45) is 7.30. The van der Waals surface area contributed by atoms with Crippen LogP contribution >= 0.6 is 0 Å². The van der Waals surface area contributed by atoms with Crippen LogP contribution in [0.2, 0.25) is 0 Å². The molecule has 0 fully saturated rings. The van der Waals surface area contributed by atoms with Gasteiger partial charge in [0.1, 0.15) is 5.69 Å². The monoisotopic (exact) mass is 374 g/mol. The number of carbonyl (C=O) groups excluding carboxylic acids is 1. The second-order valence-electron chi connectivity index (χ2n) is 6.30. The Balaban J connectivity index is 1.57. The fraction of sp³-hybridized carbons (Fsp3) is 0.158. The predicted molar refractivity (Wildman–Crippen MR) is 103 cm³/mol. The van der Waals surface area contributed by atoms with Crippen LogP contribution in [0.15, 0.2) is 49.1 Å². The van der Waals surface area contributed by atoms with Gasteiger partial charge in [-0.25, -0.2) is 9.97 Å². The highest BCUT2D eigenvalue weighted by molar-refractivity contribution is 6.03. The normalized spacial score (nSPS) is 10.8. The molecule has 0 aliphatic rings. The van der Waals surface area contributed by atoms with E-state index in [1.165, 1.54) is 0 Å². The summed E-state index contributed by atoms with van der Waals surface area (Å²) in [7, 11) is 1.78. The first kappa shape index (κ1) is 17.5. The van der Waals surface area contributed by atoms with Gasteiger partial charge in [-0.2, -0.15) is 10.2 Å². The number of rotatable bonds is 5. The lowest BCUT2D eigenvalue weighted by Crippen LogP contribution is -2.16. The third kappa shape index (κ3) is 3.63. The minimum absolute atomic E-state index is 0.0921. The summed E-state index contributed by atoms with van der Waals surface area (Å²) in [5.74, 6) is -0.314. The fourth-order valence-corrected chi connectivity index (χ4v) is 2.80. The molecule has 2 N–H and O–H groups in total. The van der Waals surface area contributed by atoms with Crippen LogP contribution in [0.5, 0.6) is 0 Å². The zero-order valence-corrected chi connectivity index (χ0v) is 15.4. The average molecular weight is 374 g/mol. The van der Waals surface area contributed by atoms with Crippen LogP contribution in [-0.2, 0) is 13.5 Å². The van der Waals surface area contributed by atoms with E-state index in [9.17, 15) is 4.79 Å². The van der Waals surface area contributed by atoms with Crippen LogP contribution in [0.3, 0.4) is 0 Å². The summed E-state index contributed by atoms with van der Waals surface area (Å²) in [5.41, 5.74) is 4.53. The van der Waals surface area contributed by atoms with E-state index < -0.39 is 5.91 Å². The van der Waals surface area contributed by atoms with Gasteiger partial charge in [-0.1, -0.05) is 6.07 Å². The second kappa shape index (κ2) is 7.39. The van der Waals surface area contributed by atoms with E-state index >= 15 is 0 Å². The Hall–Kier alpha value is -3.88. The molecular weight excluding hydrogens is 356 g/mol. The molecule has 0 aromatic carbocycles. The van der Waals surface area contributed by atoms with Gasteiger partial charge in [-0.05, 0) is 30.7 Å². The highest BCUT2D eigenvalue weighted by atomic mass is 16.2. The van der Waals surface area contributed by atoms with Gasteiger partial charge in [-0.3, -0.25) is 19.6 Å². The molecule has 0 radical (unpaired) electrons. The van der Waals surface area contributed by atoms with E-state index in [2.05, 4.69) is 35.6 Å². The highest BCUT2D eigenvalue weighted by Gasteiger charge is 2.17. The largest absolute Gasteiger partial charge is 0.316 e. The molecule has 4 rings (SSSR count). The summed E-state index contributed by atoms with van der Waals surface area (Å²) in [4.78, 5) is 25.5. The van der Waals surface area contributed by atoms with E-state index in [0.717, 1.165) is 17.0 Å². The Bertz CT molecular complexity index is 1120. The van der Waals surface area contributed by atoms with E-state index in [1.54, 1.807) is 42.6 Å². The minimum Gasteiger partial charge on any atom is -0.316 e. The standard InChI is InChI=1S/C19H18N8O/c1-12-13(10-22-25-12)9-14-6-8-21-18(23-14)19(28)24-16-11-27(2)26-17(16)15-5-3-4-7-20-15/h3-8,10-11H,9H2,1-2H3,(H,22,25)(H,24,28). The van der Waals surface area contributed by atoms with E-state index in [4.69, 9.17) is 0 Å². The van der Waals surface area contributed by atoms with Crippen LogP contribution in [-0.4, -0.2) is 40.8 Å². The number of carbonyl (C=O) groups is 1. The Kier molecular flexibility index (Phi) is 4.63. The number of aromatic nitrogens is 7. The number of amides is 1. The molecule has 9 heteroatoms. The summed E-state index contributed by atoms with van der Waals surface area (Å²) in [6, 6.07) is 7.31. The van der Waals surface area contributed by atoms with Crippen LogP contribution < -0.4 is 5.32 Å². The molecule has 140 valence electrons. The first-order chi connectivity index (χ1) is 13.6. The lowest BCUT2D eigenvalue weighted by atomic mass is 10.1. The van der Waals surface area contributed by atoms with Gasteiger partial charge in [0.15, 0.2) is 0 Å². The van der Waals surface area contributed by atoms with Gasteiger partial charge in [0.2, 0.25) is 5.82 Å². The maximum absolute atomic E-state index is 12.7. The van der Waals surface area contributed by atoms with Crippen molar-refractivity contribution < 1.29 is 4.79 Å². The summed E-state index contributed by atoms with van der Waals surface area (Å²) in [6.45, 7) is 1.94. The van der Waals surface area contributed by atoms with E-state index in [1.807, 2.05) is 25.1 Å². The van der Waals surface area contributed by atoms with Crippen molar-refractivity contribution in [2.45, 2.75) is 13.3 Å². The molecule has 0 spiro atoms. The SMILES string of the molecule is Cc1[nH]ncc1Cc1ccnc(C(=O)Nc2cn(C)nc2-c2ccccn2)n1. The molecular formula is C19H18N8O. The van der Waals surface area contributed by atoms with Crippen molar-refractivity contribution in [3.63, 3.8) is 0 Å². The average Bonchev–Trinajstić information content (AvgIpc) is 3.28. The van der Waals surface area contributed by atoms with Gasteiger partial charge in [0.05, 0.1) is 17.6 Å². The van der Waals surface area contributed by atoms with Crippen LogP contribution in [0.4, 0.5) is 5.69 Å². The van der Waals surface area contributed by atoms with Crippen LogP contribution in [0, 0.1) is 6.92 Å². The maximum Gasteiger partial charge on any atom is 0.293 e. The molecule has 28 heavy (non-hydrogen) atoms. The molecule has 4 aromatic heterocycles. The number of H-pyrrole nitrogens is 1. The van der Waals surface area contributed by atoms with Gasteiger partial charge < -0.3 is 5.32 Å². The summed E-state index contributed by atoms with van der Waals surface area (Å²) < 4.78 is 1.62. The van der Waals surface area contributed by atoms with Crippen molar-refractivity contribution >= 4 is 11.6 Å². The smallest absolute Gasteiger partial charge is 0.293 e. The lowest BCUT2D eigenvalue weighted by molar-refractivity contribution is 0.101. The summed E-state index contributed by atoms with van der Waals surface area (Å²) >= 11 is 0. The quantitative estimate of drug-likeness (QED) is 0.553. The minimum atomic E-state index is -0.407. The van der Waals surface area contributed by atoms with Gasteiger partial charge in [-0.15, -0.1) is 0 Å². The predicted octanol–water partition coefficient (Wildman–Crippen LogP) is 2.15. The number of nitrogens with one attached hydrogen (secondary N) is 2. The maximum atomic E-state index is 12.7. The summed E-state index contributed by atoms with van der Waals surface area (Å²) in [5, 5.41) is 14.1. The Morgan fingerprint density at radius 3 is 2.86 bits per heavy atom. The molecule has 0 saturated carbocycles. The zero-order chi connectivity index (χ0) is 19.5. The Morgan fingerprint density at radius 2 is 2.11 bits per heavy atom. The third-order valence-electron chi connectivity index (χ3n) is 4.21. The van der Waals surface area contributed by atoms with Crippen molar-refractivity contribution in [3.8, 4) is 11.4 Å². The molecule has 0 aliphatic carbocycles. The molecule has 0 aliphatic heterocycles. The molecule has 9 nitrogen and oxygen atoms in total. The van der Waals surface area contributed by atoms with Crippen molar-refractivity contribution in [2.75, 3.05) is 5.32 Å². The van der Waals surface area contributed by atoms with Crippen molar-refractivity contribution in [2.24, 2.45) is 7.05 Å². The third-order valence-corrected chi connectivity index (χ3v) is 4.21. The number of hydrogen-bond donors (Lipinski definition) is 2. The molecule has 4 heterocycles. The lowest BCUT2D eigenvalue weighted by Gasteiger charge is -2.06. The van der Waals surface area contributed by atoms with Crippen molar-refractivity contribution in [1.29, 1.82) is 0 Å². The number of aryl methyl sites for hydroxylation is 2. The molecule has 0 bridgehead atoms. The fourth-order valence-electron chi connectivity index (χ4n) is 2.80. The number of nitrogens with zero attached hydrogens (tertiary/aromatic N) is 6. The van der Waals surface area contributed by atoms with E-state index in [0.29, 0.717) is 23.5 Å². The number of pyridine rings is 1. The highest BCUT2D eigenvalue weighted by Crippen LogP contribution is 2.24. The van der Waals surface area contributed by atoms with Gasteiger partial charge >= 0.3 is 0 Å². The molecule has 0 unspecified atom stereocenters. The number of aromatic amines is 1.